The zero-order valence-corrected chi connectivity index (χ0v) is 46.6. The van der Waals surface area contributed by atoms with Gasteiger partial charge in [0.05, 0.1) is 0 Å². The molecular formula is C63H118O6. The summed E-state index contributed by atoms with van der Waals surface area (Å²) >= 11 is 0. The molecule has 1 atom stereocenters. The topological polar surface area (TPSA) is 78.9 Å². The van der Waals surface area contributed by atoms with Crippen molar-refractivity contribution in [1.29, 1.82) is 0 Å². The highest BCUT2D eigenvalue weighted by Crippen LogP contribution is 2.18. The highest BCUT2D eigenvalue weighted by Gasteiger charge is 2.19. The van der Waals surface area contributed by atoms with Crippen LogP contribution >= 0.6 is 0 Å². The molecule has 6 nitrogen and oxygen atoms in total. The molecule has 0 aromatic carbocycles. The molecule has 0 saturated carbocycles. The summed E-state index contributed by atoms with van der Waals surface area (Å²) in [4.78, 5) is 38.0. The maximum absolute atomic E-state index is 12.8. The van der Waals surface area contributed by atoms with Crippen LogP contribution in [0.15, 0.2) is 24.3 Å². The van der Waals surface area contributed by atoms with Crippen LogP contribution < -0.4 is 0 Å². The summed E-state index contributed by atoms with van der Waals surface area (Å²) in [7, 11) is 0. The van der Waals surface area contributed by atoms with Crippen LogP contribution in [0.2, 0.25) is 0 Å². The molecule has 0 N–H and O–H groups in total. The monoisotopic (exact) mass is 971 g/mol. The third-order valence-electron chi connectivity index (χ3n) is 13.9. The molecule has 69 heavy (non-hydrogen) atoms. The molecule has 0 saturated heterocycles. The number of ether oxygens (including phenoxy) is 3. The fourth-order valence-corrected chi connectivity index (χ4v) is 9.27. The van der Waals surface area contributed by atoms with Crippen molar-refractivity contribution < 1.29 is 28.6 Å². The number of esters is 3. The van der Waals surface area contributed by atoms with Gasteiger partial charge in [-0.2, -0.15) is 0 Å². The molecule has 0 heterocycles. The third kappa shape index (κ3) is 56.7. The Morgan fingerprint density at radius 1 is 0.275 bits per heavy atom. The molecule has 0 aliphatic heterocycles. The minimum atomic E-state index is -0.774. The first-order valence-corrected chi connectivity index (χ1v) is 30.8. The second-order valence-electron chi connectivity index (χ2n) is 21.0. The van der Waals surface area contributed by atoms with Gasteiger partial charge in [-0.15, -0.1) is 0 Å². The zero-order chi connectivity index (χ0) is 50.0. The maximum atomic E-state index is 12.8. The van der Waals surface area contributed by atoms with E-state index in [1.807, 2.05) is 0 Å². The van der Waals surface area contributed by atoms with Crippen molar-refractivity contribution in [2.24, 2.45) is 0 Å². The van der Waals surface area contributed by atoms with Gasteiger partial charge in [0.2, 0.25) is 0 Å². The van der Waals surface area contributed by atoms with E-state index < -0.39 is 6.10 Å². The van der Waals surface area contributed by atoms with E-state index in [4.69, 9.17) is 14.2 Å². The van der Waals surface area contributed by atoms with Gasteiger partial charge in [0.25, 0.3) is 0 Å². The number of hydrogen-bond acceptors (Lipinski definition) is 6. The van der Waals surface area contributed by atoms with Gasteiger partial charge in [0.1, 0.15) is 13.2 Å². The Labute approximate surface area is 430 Å². The second-order valence-corrected chi connectivity index (χ2v) is 21.0. The van der Waals surface area contributed by atoms with Gasteiger partial charge in [0.15, 0.2) is 6.10 Å². The van der Waals surface area contributed by atoms with Crippen LogP contribution in [0.25, 0.3) is 0 Å². The molecule has 6 heteroatoms. The molecular weight excluding hydrogens is 853 g/mol. The summed E-state index contributed by atoms with van der Waals surface area (Å²) in [5.41, 5.74) is 0. The number of carbonyl (C=O) groups excluding carboxylic acids is 3. The van der Waals surface area contributed by atoms with Gasteiger partial charge in [-0.1, -0.05) is 283 Å². The second kappa shape index (κ2) is 58.5. The maximum Gasteiger partial charge on any atom is 0.306 e. The van der Waals surface area contributed by atoms with Crippen LogP contribution in [0.1, 0.15) is 342 Å². The molecule has 0 bridgehead atoms. The van der Waals surface area contributed by atoms with Crippen molar-refractivity contribution in [3.8, 4) is 0 Å². The largest absolute Gasteiger partial charge is 0.462 e. The molecule has 0 aromatic heterocycles. The Morgan fingerprint density at radius 3 is 0.812 bits per heavy atom. The summed E-state index contributed by atoms with van der Waals surface area (Å²) < 4.78 is 16.8. The fourth-order valence-electron chi connectivity index (χ4n) is 9.27. The summed E-state index contributed by atoms with van der Waals surface area (Å²) in [6.07, 6.45) is 69.3. The highest BCUT2D eigenvalue weighted by molar-refractivity contribution is 5.71. The van der Waals surface area contributed by atoms with Crippen molar-refractivity contribution in [3.05, 3.63) is 24.3 Å². The number of allylic oxidation sites excluding steroid dienone is 4. The lowest BCUT2D eigenvalue weighted by Gasteiger charge is -2.18. The van der Waals surface area contributed by atoms with Gasteiger partial charge in [-0.05, 0) is 64.2 Å². The first-order valence-electron chi connectivity index (χ1n) is 30.8. The lowest BCUT2D eigenvalue weighted by molar-refractivity contribution is -0.167. The Morgan fingerprint density at radius 2 is 0.507 bits per heavy atom. The van der Waals surface area contributed by atoms with Crippen LogP contribution in [0.4, 0.5) is 0 Å². The standard InChI is InChI=1S/C63H118O6/c1-4-7-10-13-16-19-22-24-25-26-27-28-29-30-31-32-33-34-35-36-37-38-39-40-42-44-47-50-53-56-62(65)68-59-60(58-67-61(64)55-52-49-46-43-21-18-15-12-9-6-3)69-63(66)57-54-51-48-45-41-23-20-17-14-11-8-5-2/h12,15,17,20,60H,4-11,13-14,16,18-19,21-59H2,1-3H3/b15-12-,20-17-. The first-order chi connectivity index (χ1) is 34.0. The zero-order valence-electron chi connectivity index (χ0n) is 46.6. The van der Waals surface area contributed by atoms with Gasteiger partial charge >= 0.3 is 17.9 Å². The number of rotatable bonds is 57. The van der Waals surface area contributed by atoms with E-state index in [0.29, 0.717) is 19.3 Å². The normalized spacial score (nSPS) is 12.1. The van der Waals surface area contributed by atoms with Crippen molar-refractivity contribution in [3.63, 3.8) is 0 Å². The number of unbranched alkanes of at least 4 members (excludes halogenated alkanes) is 42. The van der Waals surface area contributed by atoms with Crippen LogP contribution in [0.3, 0.4) is 0 Å². The van der Waals surface area contributed by atoms with E-state index in [1.54, 1.807) is 0 Å². The third-order valence-corrected chi connectivity index (χ3v) is 13.9. The van der Waals surface area contributed by atoms with Gasteiger partial charge in [-0.3, -0.25) is 14.4 Å². The number of carbonyl (C=O) groups is 3. The molecule has 0 aliphatic rings. The van der Waals surface area contributed by atoms with Crippen molar-refractivity contribution in [1.82, 2.24) is 0 Å². The van der Waals surface area contributed by atoms with E-state index in [1.165, 1.54) is 225 Å². The first kappa shape index (κ1) is 66.9. The van der Waals surface area contributed by atoms with E-state index in [-0.39, 0.29) is 31.1 Å². The number of hydrogen-bond donors (Lipinski definition) is 0. The molecule has 0 rings (SSSR count). The molecule has 0 radical (unpaired) electrons. The van der Waals surface area contributed by atoms with E-state index in [9.17, 15) is 14.4 Å². The average Bonchev–Trinajstić information content (AvgIpc) is 3.35. The summed E-state index contributed by atoms with van der Waals surface area (Å²) in [5, 5.41) is 0. The minimum Gasteiger partial charge on any atom is -0.462 e. The Bertz CT molecular complexity index is 1110. The van der Waals surface area contributed by atoms with Crippen LogP contribution in [0, 0.1) is 0 Å². The quantitative estimate of drug-likeness (QED) is 0.0261. The molecule has 0 amide bonds. The van der Waals surface area contributed by atoms with Gasteiger partial charge in [0, 0.05) is 19.3 Å². The highest BCUT2D eigenvalue weighted by atomic mass is 16.6. The Kier molecular flexibility index (Phi) is 56.7. The van der Waals surface area contributed by atoms with Crippen molar-refractivity contribution in [2.45, 2.75) is 348 Å². The summed E-state index contributed by atoms with van der Waals surface area (Å²) in [6, 6.07) is 0. The van der Waals surface area contributed by atoms with Crippen LogP contribution in [-0.4, -0.2) is 37.2 Å². The van der Waals surface area contributed by atoms with Crippen molar-refractivity contribution >= 4 is 17.9 Å². The Balaban J connectivity index is 4.03. The summed E-state index contributed by atoms with van der Waals surface area (Å²) in [6.45, 7) is 6.59. The van der Waals surface area contributed by atoms with Crippen molar-refractivity contribution in [2.75, 3.05) is 13.2 Å². The van der Waals surface area contributed by atoms with Crippen LogP contribution in [-0.2, 0) is 28.6 Å². The SMILES string of the molecule is CCC/C=C\CCCCCCCC(=O)OCC(COC(=O)CCCCCCCCCCCCCCCCCCCCCCCCCCCCCCC)OC(=O)CCCCCCC/C=C\CCCCC. The van der Waals surface area contributed by atoms with Gasteiger partial charge < -0.3 is 14.2 Å². The predicted molar refractivity (Wildman–Crippen MR) is 298 cm³/mol. The van der Waals surface area contributed by atoms with E-state index in [0.717, 1.165) is 77.0 Å². The smallest absolute Gasteiger partial charge is 0.306 e. The predicted octanol–water partition coefficient (Wildman–Crippen LogP) is 20.7. The molecule has 406 valence electrons. The molecule has 0 spiro atoms. The lowest BCUT2D eigenvalue weighted by Crippen LogP contribution is -2.30. The average molecular weight is 972 g/mol. The minimum absolute atomic E-state index is 0.0733. The Hall–Kier alpha value is -2.11. The molecule has 0 aromatic rings. The molecule has 0 fully saturated rings. The van der Waals surface area contributed by atoms with E-state index in [2.05, 4.69) is 45.1 Å². The molecule has 0 aliphatic carbocycles. The van der Waals surface area contributed by atoms with E-state index >= 15 is 0 Å². The fraction of sp³-hybridized carbons (Fsp3) is 0.889. The lowest BCUT2D eigenvalue weighted by atomic mass is 10.0. The van der Waals surface area contributed by atoms with Crippen LogP contribution in [0.5, 0.6) is 0 Å². The van der Waals surface area contributed by atoms with Gasteiger partial charge in [-0.25, -0.2) is 0 Å². The molecule has 1 unspecified atom stereocenters. The summed E-state index contributed by atoms with van der Waals surface area (Å²) in [5.74, 6) is -0.877.